The van der Waals surface area contributed by atoms with Gasteiger partial charge in [-0.15, -0.1) is 0 Å². The van der Waals surface area contributed by atoms with E-state index in [4.69, 9.17) is 9.47 Å². The highest BCUT2D eigenvalue weighted by Gasteiger charge is 2.44. The van der Waals surface area contributed by atoms with Crippen molar-refractivity contribution in [2.75, 3.05) is 32.2 Å². The zero-order valence-electron chi connectivity index (χ0n) is 19.3. The summed E-state index contributed by atoms with van der Waals surface area (Å²) >= 11 is 2.44. The molecule has 4 heterocycles. The Balaban J connectivity index is 1.60. The van der Waals surface area contributed by atoms with Crippen LogP contribution in [-0.4, -0.2) is 52.0 Å². The third-order valence-corrected chi connectivity index (χ3v) is 7.44. The number of methoxy groups -OCH3 is 2. The molecule has 1 amide bonds. The number of alkyl halides is 1. The number of likely N-dealkylation sites (tertiary alicyclic amines) is 1. The number of aromatic nitrogens is 2. The Bertz CT molecular complexity index is 1280. The van der Waals surface area contributed by atoms with E-state index in [2.05, 4.69) is 37.5 Å². The molecule has 1 aromatic carbocycles. The fourth-order valence-corrected chi connectivity index (χ4v) is 6.08. The van der Waals surface area contributed by atoms with Gasteiger partial charge in [0.25, 0.3) is 0 Å². The van der Waals surface area contributed by atoms with Crippen LogP contribution < -0.4 is 14.4 Å². The number of nitrogens with zero attached hydrogens (tertiary/aromatic N) is 3. The maximum absolute atomic E-state index is 15.2. The monoisotopic (exact) mass is 582 g/mol. The molecule has 0 saturated carbocycles. The number of H-pyrrole nitrogens is 1. The van der Waals surface area contributed by atoms with Crippen molar-refractivity contribution in [2.45, 2.75) is 36.3 Å². The number of hydrogen-bond acceptors (Lipinski definition) is 5. The maximum Gasteiger partial charge on any atom is 0.237 e. The number of carbonyl (C=O) groups is 1. The first-order valence-electron chi connectivity index (χ1n) is 10.9. The zero-order valence-corrected chi connectivity index (χ0v) is 21.5. The van der Waals surface area contributed by atoms with Gasteiger partial charge >= 0.3 is 0 Å². The molecule has 2 aromatic heterocycles. The van der Waals surface area contributed by atoms with Crippen molar-refractivity contribution >= 4 is 45.2 Å². The maximum atomic E-state index is 15.2. The van der Waals surface area contributed by atoms with Gasteiger partial charge in [-0.2, -0.15) is 0 Å². The Hall–Kier alpha value is -2.47. The summed E-state index contributed by atoms with van der Waals surface area (Å²) in [6, 6.07) is 3.18. The molecule has 34 heavy (non-hydrogen) atoms. The van der Waals surface area contributed by atoms with Crippen LogP contribution in [0, 0.1) is 11.6 Å². The van der Waals surface area contributed by atoms with Crippen molar-refractivity contribution in [1.29, 1.82) is 0 Å². The first-order valence-corrected chi connectivity index (χ1v) is 12.2. The number of aromatic amines is 1. The topological polar surface area (TPSA) is 70.7 Å². The fraction of sp³-hybridized carbons (Fsp3) is 0.417. The largest absolute Gasteiger partial charge is 0.493 e. The number of halogens is 3. The normalized spacial score (nSPS) is 18.2. The number of carbonyl (C=O) groups excluding carboxylic acids is 1. The van der Waals surface area contributed by atoms with E-state index in [1.54, 1.807) is 20.0 Å². The summed E-state index contributed by atoms with van der Waals surface area (Å²) in [5.74, 6) is -2.72. The summed E-state index contributed by atoms with van der Waals surface area (Å²) in [4.78, 5) is 25.1. The number of pyridine rings is 1. The van der Waals surface area contributed by atoms with Crippen LogP contribution in [-0.2, 0) is 23.3 Å². The molecule has 0 aliphatic carbocycles. The minimum Gasteiger partial charge on any atom is -0.493 e. The summed E-state index contributed by atoms with van der Waals surface area (Å²) in [5.41, 5.74) is 1.76. The van der Waals surface area contributed by atoms with Crippen LogP contribution in [0.4, 0.5) is 14.5 Å². The van der Waals surface area contributed by atoms with Gasteiger partial charge in [-0.25, -0.2) is 13.8 Å². The van der Waals surface area contributed by atoms with Gasteiger partial charge in [-0.1, -0.05) is 22.6 Å². The van der Waals surface area contributed by atoms with E-state index in [1.807, 2.05) is 6.07 Å². The number of nitrogens with one attached hydrogen (secondary N) is 1. The molecule has 1 saturated heterocycles. The van der Waals surface area contributed by atoms with Crippen LogP contribution in [0.3, 0.4) is 0 Å². The van der Waals surface area contributed by atoms with Crippen LogP contribution in [0.5, 0.6) is 11.5 Å². The number of amides is 1. The minimum atomic E-state index is -1.05. The predicted molar refractivity (Wildman–Crippen MR) is 133 cm³/mol. The van der Waals surface area contributed by atoms with Crippen molar-refractivity contribution in [3.63, 3.8) is 0 Å². The first kappa shape index (κ1) is 23.3. The van der Waals surface area contributed by atoms with Crippen LogP contribution in [0.1, 0.15) is 30.7 Å². The SMILES string of the molecule is COc1cc(OC)c(F)c(N2Cc3cnc4[nH]c(CN5CC(I)C5)cc4c3C(C)(C)C2=O)c1F. The number of hydrogen-bond donors (Lipinski definition) is 1. The quantitative estimate of drug-likeness (QED) is 0.359. The van der Waals surface area contributed by atoms with Gasteiger partial charge in [0, 0.05) is 46.9 Å². The summed E-state index contributed by atoms with van der Waals surface area (Å²) in [5, 5.41) is 0.862. The molecule has 3 aromatic rings. The second kappa shape index (κ2) is 8.33. The summed E-state index contributed by atoms with van der Waals surface area (Å²) in [6.45, 7) is 6.40. The lowest BCUT2D eigenvalue weighted by Gasteiger charge is -2.39. The highest BCUT2D eigenvalue weighted by atomic mass is 127. The van der Waals surface area contributed by atoms with Crippen LogP contribution in [0.15, 0.2) is 18.3 Å². The highest BCUT2D eigenvalue weighted by molar-refractivity contribution is 14.1. The Labute approximate surface area is 209 Å². The van der Waals surface area contributed by atoms with E-state index in [0.717, 1.165) is 52.8 Å². The van der Waals surface area contributed by atoms with Gasteiger partial charge < -0.3 is 19.4 Å². The lowest BCUT2D eigenvalue weighted by Crippen LogP contribution is -2.48. The molecule has 7 nitrogen and oxygen atoms in total. The molecule has 0 radical (unpaired) electrons. The molecule has 0 unspecified atom stereocenters. The van der Waals surface area contributed by atoms with Gasteiger partial charge in [-0.3, -0.25) is 9.69 Å². The lowest BCUT2D eigenvalue weighted by molar-refractivity contribution is -0.123. The molecule has 0 bridgehead atoms. The lowest BCUT2D eigenvalue weighted by atomic mass is 9.76. The molecule has 1 N–H and O–H groups in total. The number of benzene rings is 1. The van der Waals surface area contributed by atoms with Crippen LogP contribution in [0.25, 0.3) is 11.0 Å². The number of rotatable bonds is 5. The summed E-state index contributed by atoms with van der Waals surface area (Å²) in [7, 11) is 2.56. The van der Waals surface area contributed by atoms with E-state index in [9.17, 15) is 4.79 Å². The number of fused-ring (bicyclic) bond motifs is 3. The fourth-order valence-electron chi connectivity index (χ4n) is 4.97. The number of anilines is 1. The smallest absolute Gasteiger partial charge is 0.237 e. The zero-order chi connectivity index (χ0) is 24.4. The standard InChI is InChI=1S/C24H25F2IN4O3/c1-24(2)18-12(7-28-22-15(18)5-14(29-22)11-30-9-13(27)10-30)8-31(23(24)32)21-19(25)16(33-3)6-17(34-4)20(21)26/h5-7,13H,8-11H2,1-4H3,(H,28,29). The molecule has 0 atom stereocenters. The summed E-state index contributed by atoms with van der Waals surface area (Å²) < 4.78 is 41.3. The third-order valence-electron chi connectivity index (χ3n) is 6.65. The number of ether oxygens (including phenoxy) is 2. The average Bonchev–Trinajstić information content (AvgIpc) is 3.18. The Morgan fingerprint density at radius 2 is 1.82 bits per heavy atom. The van der Waals surface area contributed by atoms with E-state index in [-0.39, 0.29) is 18.0 Å². The Morgan fingerprint density at radius 3 is 2.41 bits per heavy atom. The Morgan fingerprint density at radius 1 is 1.18 bits per heavy atom. The van der Waals surface area contributed by atoms with Crippen molar-refractivity contribution in [1.82, 2.24) is 14.9 Å². The average molecular weight is 582 g/mol. The van der Waals surface area contributed by atoms with Crippen LogP contribution in [0.2, 0.25) is 0 Å². The molecule has 2 aliphatic rings. The molecular weight excluding hydrogens is 557 g/mol. The Kier molecular flexibility index (Phi) is 5.70. The second-order valence-electron chi connectivity index (χ2n) is 9.28. The van der Waals surface area contributed by atoms with Crippen molar-refractivity contribution in [3.05, 3.63) is 46.8 Å². The third kappa shape index (κ3) is 3.53. The summed E-state index contributed by atoms with van der Waals surface area (Å²) in [6.07, 6.45) is 1.68. The van der Waals surface area contributed by atoms with Crippen molar-refractivity contribution < 1.29 is 23.0 Å². The van der Waals surface area contributed by atoms with Crippen molar-refractivity contribution in [2.24, 2.45) is 0 Å². The van der Waals surface area contributed by atoms with Crippen LogP contribution >= 0.6 is 22.6 Å². The van der Waals surface area contributed by atoms with Gasteiger partial charge in [0.15, 0.2) is 23.1 Å². The van der Waals surface area contributed by atoms with Gasteiger partial charge in [-0.05, 0) is 31.0 Å². The second-order valence-corrected chi connectivity index (χ2v) is 11.0. The highest BCUT2D eigenvalue weighted by Crippen LogP contribution is 2.44. The minimum absolute atomic E-state index is 0.0200. The molecule has 180 valence electrons. The molecule has 1 fully saturated rings. The van der Waals surface area contributed by atoms with Gasteiger partial charge in [0.1, 0.15) is 11.3 Å². The van der Waals surface area contributed by atoms with E-state index >= 15 is 8.78 Å². The van der Waals surface area contributed by atoms with Gasteiger partial charge in [0.2, 0.25) is 5.91 Å². The first-order chi connectivity index (χ1) is 16.1. The molecule has 10 heteroatoms. The molecular formula is C24H25F2IN4O3. The van der Waals surface area contributed by atoms with E-state index in [0.29, 0.717) is 9.57 Å². The van der Waals surface area contributed by atoms with Crippen molar-refractivity contribution in [3.8, 4) is 11.5 Å². The molecule has 5 rings (SSSR count). The molecule has 2 aliphatic heterocycles. The molecule has 0 spiro atoms. The van der Waals surface area contributed by atoms with Gasteiger partial charge in [0.05, 0.1) is 26.2 Å². The predicted octanol–water partition coefficient (Wildman–Crippen LogP) is 4.30. The van der Waals surface area contributed by atoms with E-state index in [1.165, 1.54) is 14.2 Å². The van der Waals surface area contributed by atoms with E-state index < -0.39 is 28.6 Å².